The third-order valence-corrected chi connectivity index (χ3v) is 3.29. The number of aliphatic hydroxyl groups is 2. The zero-order valence-electron chi connectivity index (χ0n) is 12.5. The van der Waals surface area contributed by atoms with Crippen molar-refractivity contribution in [2.24, 2.45) is 0 Å². The second-order valence-corrected chi connectivity index (χ2v) is 5.01. The van der Waals surface area contributed by atoms with Gasteiger partial charge in [-0.2, -0.15) is 0 Å². The van der Waals surface area contributed by atoms with Gasteiger partial charge in [0.1, 0.15) is 18.5 Å². The van der Waals surface area contributed by atoms with Crippen molar-refractivity contribution in [1.82, 2.24) is 0 Å². The molecule has 2 aromatic rings. The van der Waals surface area contributed by atoms with E-state index in [9.17, 15) is 10.2 Å². The van der Waals surface area contributed by atoms with Crippen LogP contribution in [0.25, 0.3) is 10.8 Å². The summed E-state index contributed by atoms with van der Waals surface area (Å²) in [6.45, 7) is 4.51. The third-order valence-electron chi connectivity index (χ3n) is 3.29. The summed E-state index contributed by atoms with van der Waals surface area (Å²) in [5, 5.41) is 21.7. The molecule has 0 amide bonds. The standard InChI is InChI=1S/C17H22O4/c1-3-20-10-14(19)11-21-17-15(12(2)18)9-8-13-6-4-5-7-16(13)17/h4-9,12,14,18-19H,3,10-11H2,1-2H3. The number of rotatable bonds is 7. The minimum atomic E-state index is -0.689. The summed E-state index contributed by atoms with van der Waals surface area (Å²) in [4.78, 5) is 0. The molecule has 0 aliphatic carbocycles. The molecule has 21 heavy (non-hydrogen) atoms. The molecule has 2 aromatic carbocycles. The van der Waals surface area contributed by atoms with E-state index in [0.29, 0.717) is 12.4 Å². The Kier molecular flexibility index (Phi) is 5.56. The van der Waals surface area contributed by atoms with Gasteiger partial charge in [-0.3, -0.25) is 0 Å². The lowest BCUT2D eigenvalue weighted by atomic mass is 10.0. The first-order valence-corrected chi connectivity index (χ1v) is 7.21. The molecule has 4 heteroatoms. The van der Waals surface area contributed by atoms with Crippen molar-refractivity contribution < 1.29 is 19.7 Å². The molecule has 4 nitrogen and oxygen atoms in total. The van der Waals surface area contributed by atoms with Crippen LogP contribution in [-0.4, -0.2) is 36.1 Å². The number of hydrogen-bond donors (Lipinski definition) is 2. The first-order chi connectivity index (χ1) is 10.1. The lowest BCUT2D eigenvalue weighted by Crippen LogP contribution is -2.23. The van der Waals surface area contributed by atoms with Gasteiger partial charge in [-0.25, -0.2) is 0 Å². The van der Waals surface area contributed by atoms with Crippen LogP contribution in [0.15, 0.2) is 36.4 Å². The molecule has 0 saturated carbocycles. The molecule has 0 heterocycles. The number of hydrogen-bond acceptors (Lipinski definition) is 4. The van der Waals surface area contributed by atoms with Crippen LogP contribution < -0.4 is 4.74 Å². The van der Waals surface area contributed by atoms with E-state index < -0.39 is 12.2 Å². The number of aliphatic hydroxyl groups excluding tert-OH is 2. The number of benzene rings is 2. The number of fused-ring (bicyclic) bond motifs is 1. The van der Waals surface area contributed by atoms with Gasteiger partial charge in [0.25, 0.3) is 0 Å². The molecule has 2 atom stereocenters. The average Bonchev–Trinajstić information content (AvgIpc) is 2.50. The SMILES string of the molecule is CCOCC(O)COc1c(C(C)O)ccc2ccccc12. The van der Waals surface area contributed by atoms with Crippen molar-refractivity contribution in [3.63, 3.8) is 0 Å². The Morgan fingerprint density at radius 3 is 2.52 bits per heavy atom. The Bertz CT molecular complexity index is 580. The molecule has 0 aromatic heterocycles. The van der Waals surface area contributed by atoms with Crippen molar-refractivity contribution in [3.05, 3.63) is 42.0 Å². The van der Waals surface area contributed by atoms with E-state index in [1.807, 2.05) is 43.3 Å². The highest BCUT2D eigenvalue weighted by atomic mass is 16.5. The highest BCUT2D eigenvalue weighted by Crippen LogP contribution is 2.33. The lowest BCUT2D eigenvalue weighted by Gasteiger charge is -2.18. The van der Waals surface area contributed by atoms with Crippen LogP contribution >= 0.6 is 0 Å². The Labute approximate surface area is 124 Å². The van der Waals surface area contributed by atoms with Crippen molar-refractivity contribution in [3.8, 4) is 5.75 Å². The van der Waals surface area contributed by atoms with E-state index in [1.165, 1.54) is 0 Å². The minimum absolute atomic E-state index is 0.133. The fourth-order valence-corrected chi connectivity index (χ4v) is 2.23. The van der Waals surface area contributed by atoms with E-state index in [0.717, 1.165) is 16.3 Å². The maximum Gasteiger partial charge on any atom is 0.133 e. The predicted octanol–water partition coefficient (Wildman–Crippen LogP) is 2.67. The summed E-state index contributed by atoms with van der Waals surface area (Å²) in [7, 11) is 0. The Morgan fingerprint density at radius 1 is 1.05 bits per heavy atom. The Morgan fingerprint density at radius 2 is 1.81 bits per heavy atom. The van der Waals surface area contributed by atoms with Gasteiger partial charge in [0.15, 0.2) is 0 Å². The molecule has 0 aliphatic heterocycles. The Hall–Kier alpha value is -1.62. The first-order valence-electron chi connectivity index (χ1n) is 7.21. The summed E-state index contributed by atoms with van der Waals surface area (Å²) in [6, 6.07) is 11.6. The second kappa shape index (κ2) is 7.41. The van der Waals surface area contributed by atoms with Crippen molar-refractivity contribution in [2.45, 2.75) is 26.1 Å². The molecular formula is C17H22O4. The second-order valence-electron chi connectivity index (χ2n) is 5.01. The fraction of sp³-hybridized carbons (Fsp3) is 0.412. The van der Waals surface area contributed by atoms with Gasteiger partial charge >= 0.3 is 0 Å². The van der Waals surface area contributed by atoms with Gasteiger partial charge in [0.2, 0.25) is 0 Å². The molecule has 0 fully saturated rings. The molecule has 0 spiro atoms. The average molecular weight is 290 g/mol. The molecule has 2 N–H and O–H groups in total. The quantitative estimate of drug-likeness (QED) is 0.823. The first kappa shape index (κ1) is 15.8. The molecular weight excluding hydrogens is 268 g/mol. The normalized spacial score (nSPS) is 14.1. The molecule has 114 valence electrons. The topological polar surface area (TPSA) is 58.9 Å². The summed E-state index contributed by atoms with van der Waals surface area (Å²) < 4.78 is 11.0. The molecule has 0 saturated heterocycles. The molecule has 2 unspecified atom stereocenters. The van der Waals surface area contributed by atoms with Crippen LogP contribution in [0.5, 0.6) is 5.75 Å². The van der Waals surface area contributed by atoms with Crippen molar-refractivity contribution >= 4 is 10.8 Å². The number of ether oxygens (including phenoxy) is 2. The third kappa shape index (κ3) is 3.94. The van der Waals surface area contributed by atoms with E-state index in [2.05, 4.69) is 0 Å². The summed E-state index contributed by atoms with van der Waals surface area (Å²) in [5.74, 6) is 0.624. The lowest BCUT2D eigenvalue weighted by molar-refractivity contribution is 0.0161. The molecule has 0 bridgehead atoms. The van der Waals surface area contributed by atoms with Gasteiger partial charge in [-0.1, -0.05) is 36.4 Å². The van der Waals surface area contributed by atoms with Crippen LogP contribution in [0.2, 0.25) is 0 Å². The van der Waals surface area contributed by atoms with Crippen LogP contribution in [0, 0.1) is 0 Å². The van der Waals surface area contributed by atoms with Gasteiger partial charge in [-0.15, -0.1) is 0 Å². The monoisotopic (exact) mass is 290 g/mol. The highest BCUT2D eigenvalue weighted by molar-refractivity contribution is 5.89. The Balaban J connectivity index is 2.25. The minimum Gasteiger partial charge on any atom is -0.490 e. The van der Waals surface area contributed by atoms with Crippen LogP contribution in [-0.2, 0) is 4.74 Å². The largest absolute Gasteiger partial charge is 0.490 e. The van der Waals surface area contributed by atoms with Crippen molar-refractivity contribution in [1.29, 1.82) is 0 Å². The van der Waals surface area contributed by atoms with E-state index in [4.69, 9.17) is 9.47 Å². The van der Waals surface area contributed by atoms with E-state index >= 15 is 0 Å². The van der Waals surface area contributed by atoms with Gasteiger partial charge in [0.05, 0.1) is 12.7 Å². The molecule has 0 aliphatic rings. The van der Waals surface area contributed by atoms with Gasteiger partial charge in [-0.05, 0) is 19.2 Å². The predicted molar refractivity (Wildman–Crippen MR) is 82.6 cm³/mol. The summed E-state index contributed by atoms with van der Waals surface area (Å²) >= 11 is 0. The van der Waals surface area contributed by atoms with Gasteiger partial charge in [0, 0.05) is 17.6 Å². The van der Waals surface area contributed by atoms with Crippen LogP contribution in [0.1, 0.15) is 25.5 Å². The van der Waals surface area contributed by atoms with E-state index in [-0.39, 0.29) is 13.2 Å². The van der Waals surface area contributed by atoms with Crippen LogP contribution in [0.3, 0.4) is 0 Å². The zero-order valence-corrected chi connectivity index (χ0v) is 12.5. The zero-order chi connectivity index (χ0) is 15.2. The summed E-state index contributed by atoms with van der Waals surface area (Å²) in [5.41, 5.74) is 0.720. The fourth-order valence-electron chi connectivity index (χ4n) is 2.23. The van der Waals surface area contributed by atoms with Gasteiger partial charge < -0.3 is 19.7 Å². The smallest absolute Gasteiger partial charge is 0.133 e. The van der Waals surface area contributed by atoms with Crippen LogP contribution in [0.4, 0.5) is 0 Å². The maximum absolute atomic E-state index is 9.90. The summed E-state index contributed by atoms with van der Waals surface area (Å²) in [6.07, 6.45) is -1.32. The van der Waals surface area contributed by atoms with E-state index in [1.54, 1.807) is 6.92 Å². The molecule has 2 rings (SSSR count). The maximum atomic E-state index is 9.90. The molecule has 0 radical (unpaired) electrons. The highest BCUT2D eigenvalue weighted by Gasteiger charge is 2.14. The van der Waals surface area contributed by atoms with Crippen molar-refractivity contribution in [2.75, 3.05) is 19.8 Å².